The zero-order chi connectivity index (χ0) is 16.3. The molecule has 0 aliphatic carbocycles. The quantitative estimate of drug-likeness (QED) is 0.810. The highest BCUT2D eigenvalue weighted by Crippen LogP contribution is 2.40. The Morgan fingerprint density at radius 2 is 2.05 bits per heavy atom. The third-order valence-electron chi connectivity index (χ3n) is 3.96. The molecule has 1 heterocycles. The lowest BCUT2D eigenvalue weighted by atomic mass is 9.96. The van der Waals surface area contributed by atoms with Crippen LogP contribution in [0.1, 0.15) is 19.4 Å². The lowest BCUT2D eigenvalue weighted by Gasteiger charge is -2.30. The third kappa shape index (κ3) is 3.60. The number of carboxylic acid groups (broad SMARTS) is 1. The Morgan fingerprint density at radius 1 is 1.41 bits per heavy atom. The number of aliphatic carboxylic acids is 1. The largest absolute Gasteiger partial charge is 0.480 e. The van der Waals surface area contributed by atoms with E-state index in [0.29, 0.717) is 18.1 Å². The lowest BCUT2D eigenvalue weighted by molar-refractivity contribution is -0.151. The fraction of sp³-hybridized carbons (Fsp3) is 0.500. The predicted octanol–water partition coefficient (Wildman–Crippen LogP) is 2.54. The summed E-state index contributed by atoms with van der Waals surface area (Å²) in [6, 6.07) is 8.96. The van der Waals surface area contributed by atoms with E-state index in [4.69, 9.17) is 0 Å². The first kappa shape index (κ1) is 17.2. The molecule has 1 aromatic rings. The normalized spacial score (nSPS) is 21.6. The van der Waals surface area contributed by atoms with Crippen LogP contribution < -0.4 is 0 Å². The molecule has 1 fully saturated rings. The molecule has 1 saturated heterocycles. The minimum atomic E-state index is -0.944. The van der Waals surface area contributed by atoms with Gasteiger partial charge in [0, 0.05) is 10.5 Å². The summed E-state index contributed by atoms with van der Waals surface area (Å²) in [5, 5.41) is 9.49. The molecule has 1 aromatic carbocycles. The van der Waals surface area contributed by atoms with Crippen molar-refractivity contribution in [2.45, 2.75) is 31.1 Å². The van der Waals surface area contributed by atoms with Crippen molar-refractivity contribution >= 4 is 36.3 Å². The van der Waals surface area contributed by atoms with Crippen LogP contribution in [0.15, 0.2) is 30.3 Å². The number of thiol groups is 1. The number of hydrogen-bond donors (Lipinski definition) is 2. The molecule has 1 aliphatic rings. The van der Waals surface area contributed by atoms with Crippen LogP contribution in [0.3, 0.4) is 0 Å². The van der Waals surface area contributed by atoms with E-state index in [-0.39, 0.29) is 11.8 Å². The van der Waals surface area contributed by atoms with Gasteiger partial charge < -0.3 is 10.0 Å². The summed E-state index contributed by atoms with van der Waals surface area (Å²) in [5.74, 6) is -0.545. The summed E-state index contributed by atoms with van der Waals surface area (Å²) < 4.78 is -0.477. The SMILES string of the molecule is CC1(C)SCN(C(=O)[C@H](CS)Cc2ccccc2)[C@H]1C(=O)O. The number of nitrogens with zero attached hydrogens (tertiary/aromatic N) is 1. The van der Waals surface area contributed by atoms with Crippen molar-refractivity contribution in [2.75, 3.05) is 11.6 Å². The fourth-order valence-electron chi connectivity index (χ4n) is 2.75. The Labute approximate surface area is 140 Å². The number of hydrogen-bond acceptors (Lipinski definition) is 4. The molecular weight excluding hydrogens is 318 g/mol. The average Bonchev–Trinajstić information content (AvgIpc) is 2.80. The summed E-state index contributed by atoms with van der Waals surface area (Å²) in [5.41, 5.74) is 1.06. The number of rotatable bonds is 5. The first-order valence-corrected chi connectivity index (χ1v) is 8.80. The van der Waals surface area contributed by atoms with E-state index in [1.165, 1.54) is 16.7 Å². The highest BCUT2D eigenvalue weighted by Gasteiger charge is 2.48. The maximum atomic E-state index is 12.8. The molecule has 22 heavy (non-hydrogen) atoms. The van der Waals surface area contributed by atoms with Gasteiger partial charge in [-0.3, -0.25) is 4.79 Å². The first-order valence-electron chi connectivity index (χ1n) is 7.19. The van der Waals surface area contributed by atoms with Crippen LogP contribution in [-0.2, 0) is 16.0 Å². The Balaban J connectivity index is 2.16. The van der Waals surface area contributed by atoms with E-state index in [2.05, 4.69) is 12.6 Å². The molecule has 1 amide bonds. The monoisotopic (exact) mass is 339 g/mol. The molecule has 1 aliphatic heterocycles. The van der Waals surface area contributed by atoms with Crippen molar-refractivity contribution in [3.63, 3.8) is 0 Å². The van der Waals surface area contributed by atoms with Crippen molar-refractivity contribution in [1.29, 1.82) is 0 Å². The summed E-state index contributed by atoms with van der Waals surface area (Å²) in [6.07, 6.45) is 0.580. The van der Waals surface area contributed by atoms with Gasteiger partial charge >= 0.3 is 5.97 Å². The summed E-state index contributed by atoms with van der Waals surface area (Å²) in [4.78, 5) is 25.9. The second-order valence-electron chi connectivity index (χ2n) is 5.99. The Morgan fingerprint density at radius 3 is 2.59 bits per heavy atom. The fourth-order valence-corrected chi connectivity index (χ4v) is 4.17. The van der Waals surface area contributed by atoms with Crippen molar-refractivity contribution in [3.05, 3.63) is 35.9 Å². The number of amides is 1. The van der Waals surface area contributed by atoms with Gasteiger partial charge in [0.25, 0.3) is 0 Å². The average molecular weight is 339 g/mol. The minimum Gasteiger partial charge on any atom is -0.480 e. The van der Waals surface area contributed by atoms with Gasteiger partial charge in [0.2, 0.25) is 5.91 Å². The van der Waals surface area contributed by atoms with Crippen LogP contribution in [0.25, 0.3) is 0 Å². The van der Waals surface area contributed by atoms with Gasteiger partial charge in [-0.2, -0.15) is 12.6 Å². The van der Waals surface area contributed by atoms with Gasteiger partial charge in [-0.05, 0) is 25.8 Å². The first-order chi connectivity index (χ1) is 10.4. The molecule has 120 valence electrons. The van der Waals surface area contributed by atoms with Gasteiger partial charge in [-0.15, -0.1) is 11.8 Å². The van der Waals surface area contributed by atoms with Crippen LogP contribution in [0.4, 0.5) is 0 Å². The van der Waals surface area contributed by atoms with E-state index < -0.39 is 16.8 Å². The van der Waals surface area contributed by atoms with Crippen molar-refractivity contribution in [1.82, 2.24) is 4.90 Å². The Hall–Kier alpha value is -1.14. The van der Waals surface area contributed by atoms with Crippen molar-refractivity contribution in [3.8, 4) is 0 Å². The van der Waals surface area contributed by atoms with Crippen molar-refractivity contribution in [2.24, 2.45) is 5.92 Å². The molecule has 0 bridgehead atoms. The van der Waals surface area contributed by atoms with E-state index in [9.17, 15) is 14.7 Å². The maximum absolute atomic E-state index is 12.8. The molecule has 2 atom stereocenters. The van der Waals surface area contributed by atoms with Crippen LogP contribution >= 0.6 is 24.4 Å². The Bertz CT molecular complexity index is 548. The zero-order valence-corrected chi connectivity index (χ0v) is 14.4. The van der Waals surface area contributed by atoms with Gasteiger partial charge in [-0.1, -0.05) is 30.3 Å². The second-order valence-corrected chi connectivity index (χ2v) is 7.96. The predicted molar refractivity (Wildman–Crippen MR) is 92.3 cm³/mol. The number of carbonyl (C=O) groups excluding carboxylic acids is 1. The van der Waals surface area contributed by atoms with Gasteiger partial charge in [0.15, 0.2) is 0 Å². The van der Waals surface area contributed by atoms with Gasteiger partial charge in [0.05, 0.1) is 11.8 Å². The molecular formula is C16H21NO3S2. The number of carboxylic acids is 1. The maximum Gasteiger partial charge on any atom is 0.327 e. The highest BCUT2D eigenvalue weighted by molar-refractivity contribution is 8.00. The van der Waals surface area contributed by atoms with Crippen LogP contribution in [-0.4, -0.2) is 44.3 Å². The topological polar surface area (TPSA) is 57.6 Å². The third-order valence-corrected chi connectivity index (χ3v) is 5.77. The van der Waals surface area contributed by atoms with E-state index >= 15 is 0 Å². The van der Waals surface area contributed by atoms with Gasteiger partial charge in [-0.25, -0.2) is 4.79 Å². The highest BCUT2D eigenvalue weighted by atomic mass is 32.2. The molecule has 0 saturated carbocycles. The molecule has 2 rings (SSSR count). The minimum absolute atomic E-state index is 0.121. The summed E-state index contributed by atoms with van der Waals surface area (Å²) in [7, 11) is 0. The second kappa shape index (κ2) is 6.96. The van der Waals surface area contributed by atoms with Crippen LogP contribution in [0.5, 0.6) is 0 Å². The molecule has 0 radical (unpaired) electrons. The standard InChI is InChI=1S/C16H21NO3S2/c1-16(2)13(15(19)20)17(10-22-16)14(18)12(9-21)8-11-6-4-3-5-7-11/h3-7,12-13,21H,8-10H2,1-2H3,(H,19,20)/t12-,13-/m0/s1. The number of thioether (sulfide) groups is 1. The Kier molecular flexibility index (Phi) is 5.45. The van der Waals surface area contributed by atoms with E-state index in [1.807, 2.05) is 44.2 Å². The molecule has 1 N–H and O–H groups in total. The molecule has 0 spiro atoms. The number of carbonyl (C=O) groups is 2. The van der Waals surface area contributed by atoms with Crippen LogP contribution in [0.2, 0.25) is 0 Å². The molecule has 4 nitrogen and oxygen atoms in total. The number of benzene rings is 1. The van der Waals surface area contributed by atoms with Crippen molar-refractivity contribution < 1.29 is 14.7 Å². The molecule has 6 heteroatoms. The van der Waals surface area contributed by atoms with E-state index in [0.717, 1.165) is 5.56 Å². The lowest BCUT2D eigenvalue weighted by Crippen LogP contribution is -2.50. The molecule has 0 aromatic heterocycles. The summed E-state index contributed by atoms with van der Waals surface area (Å²) >= 11 is 5.81. The van der Waals surface area contributed by atoms with Crippen LogP contribution in [0, 0.1) is 5.92 Å². The summed E-state index contributed by atoms with van der Waals surface area (Å²) in [6.45, 7) is 3.74. The zero-order valence-electron chi connectivity index (χ0n) is 12.7. The molecule has 0 unspecified atom stereocenters. The van der Waals surface area contributed by atoms with E-state index in [1.54, 1.807) is 0 Å². The van der Waals surface area contributed by atoms with Gasteiger partial charge in [0.1, 0.15) is 6.04 Å². The smallest absolute Gasteiger partial charge is 0.327 e.